The van der Waals surface area contributed by atoms with Gasteiger partial charge in [-0.15, -0.1) is 0 Å². The van der Waals surface area contributed by atoms with Crippen LogP contribution in [-0.2, 0) is 0 Å². The van der Waals surface area contributed by atoms with Gasteiger partial charge in [-0.05, 0) is 52.9 Å². The van der Waals surface area contributed by atoms with Crippen molar-refractivity contribution in [2.45, 2.75) is 6.18 Å². The molecule has 4 aromatic rings. The van der Waals surface area contributed by atoms with Crippen LogP contribution in [0.1, 0.15) is 0 Å². The smallest absolute Gasteiger partial charge is 0.422 e. The van der Waals surface area contributed by atoms with Crippen LogP contribution >= 0.6 is 0 Å². The molecular formula is C27H17F7O2. The summed E-state index contributed by atoms with van der Waals surface area (Å²) < 4.78 is 106. The van der Waals surface area contributed by atoms with Crippen LogP contribution in [0.3, 0.4) is 0 Å². The average molecular weight is 506 g/mol. The predicted octanol–water partition coefficient (Wildman–Crippen LogP) is 8.24. The lowest BCUT2D eigenvalue weighted by molar-refractivity contribution is -0.153. The molecule has 0 unspecified atom stereocenters. The molecule has 0 saturated heterocycles. The lowest BCUT2D eigenvalue weighted by Crippen LogP contribution is -2.19. The van der Waals surface area contributed by atoms with E-state index in [1.807, 2.05) is 0 Å². The Labute approximate surface area is 201 Å². The minimum absolute atomic E-state index is 0.0418. The molecule has 4 aromatic carbocycles. The lowest BCUT2D eigenvalue weighted by atomic mass is 9.96. The number of rotatable bonds is 7. The fraction of sp³-hybridized carbons (Fsp3) is 0.111. The van der Waals surface area contributed by atoms with E-state index in [1.165, 1.54) is 42.5 Å². The summed E-state index contributed by atoms with van der Waals surface area (Å²) in [5.41, 5.74) is -0.456. The lowest BCUT2D eigenvalue weighted by Gasteiger charge is -2.13. The van der Waals surface area contributed by atoms with E-state index in [-0.39, 0.29) is 39.8 Å². The molecular weight excluding hydrogens is 489 g/mol. The molecule has 0 aliphatic rings. The van der Waals surface area contributed by atoms with Gasteiger partial charge in [-0.25, -0.2) is 17.6 Å². The summed E-state index contributed by atoms with van der Waals surface area (Å²) >= 11 is 0. The van der Waals surface area contributed by atoms with Gasteiger partial charge in [0.2, 0.25) is 0 Å². The van der Waals surface area contributed by atoms with Gasteiger partial charge in [-0.1, -0.05) is 30.9 Å². The van der Waals surface area contributed by atoms with Crippen LogP contribution in [0.5, 0.6) is 11.5 Å². The molecule has 0 radical (unpaired) electrons. The van der Waals surface area contributed by atoms with Crippen molar-refractivity contribution in [3.8, 4) is 33.8 Å². The number of halogens is 7. The molecule has 0 N–H and O–H groups in total. The Morgan fingerprint density at radius 2 is 1.47 bits per heavy atom. The highest BCUT2D eigenvalue weighted by molar-refractivity contribution is 5.89. The van der Waals surface area contributed by atoms with E-state index in [9.17, 15) is 22.0 Å². The molecule has 0 atom stereocenters. The van der Waals surface area contributed by atoms with E-state index in [4.69, 9.17) is 4.74 Å². The molecule has 2 nitrogen and oxygen atoms in total. The number of fused-ring (bicyclic) bond motifs is 1. The summed E-state index contributed by atoms with van der Waals surface area (Å²) in [6.07, 6.45) is -3.16. The molecule has 36 heavy (non-hydrogen) atoms. The van der Waals surface area contributed by atoms with Crippen LogP contribution in [0.25, 0.3) is 33.0 Å². The average Bonchev–Trinajstić information content (AvgIpc) is 2.81. The van der Waals surface area contributed by atoms with Crippen LogP contribution in [0.4, 0.5) is 30.7 Å². The second kappa shape index (κ2) is 9.93. The topological polar surface area (TPSA) is 18.5 Å². The van der Waals surface area contributed by atoms with Crippen LogP contribution < -0.4 is 9.47 Å². The number of benzene rings is 4. The minimum Gasteiger partial charge on any atom is -0.489 e. The Morgan fingerprint density at radius 1 is 0.750 bits per heavy atom. The molecule has 0 spiro atoms. The zero-order chi connectivity index (χ0) is 26.0. The van der Waals surface area contributed by atoms with E-state index < -0.39 is 47.4 Å². The van der Waals surface area contributed by atoms with Crippen molar-refractivity contribution in [1.82, 2.24) is 0 Å². The van der Waals surface area contributed by atoms with Gasteiger partial charge in [0, 0.05) is 17.0 Å². The van der Waals surface area contributed by atoms with Gasteiger partial charge in [-0.3, -0.25) is 0 Å². The number of alkyl halides is 3. The summed E-state index contributed by atoms with van der Waals surface area (Å²) in [5, 5.41) is 0.102. The first-order valence-corrected chi connectivity index (χ1v) is 10.5. The van der Waals surface area contributed by atoms with Crippen molar-refractivity contribution >= 4 is 10.8 Å². The number of hydrogen-bond donors (Lipinski definition) is 0. The second-order valence-corrected chi connectivity index (χ2v) is 7.77. The van der Waals surface area contributed by atoms with Crippen LogP contribution in [0.2, 0.25) is 0 Å². The highest BCUT2D eigenvalue weighted by Crippen LogP contribution is 2.36. The quantitative estimate of drug-likeness (QED) is 0.186. The van der Waals surface area contributed by atoms with Crippen molar-refractivity contribution in [2.75, 3.05) is 13.2 Å². The normalized spacial score (nSPS) is 11.5. The number of ether oxygens (including phenoxy) is 2. The van der Waals surface area contributed by atoms with Crippen LogP contribution in [0, 0.1) is 23.3 Å². The maximum Gasteiger partial charge on any atom is 0.422 e. The van der Waals surface area contributed by atoms with Crippen molar-refractivity contribution in [3.05, 3.63) is 96.6 Å². The van der Waals surface area contributed by atoms with Gasteiger partial charge >= 0.3 is 6.18 Å². The van der Waals surface area contributed by atoms with Crippen molar-refractivity contribution < 1.29 is 40.2 Å². The molecule has 0 bridgehead atoms. The van der Waals surface area contributed by atoms with Gasteiger partial charge < -0.3 is 9.47 Å². The van der Waals surface area contributed by atoms with Crippen molar-refractivity contribution in [2.24, 2.45) is 0 Å². The Kier molecular flexibility index (Phi) is 6.92. The Morgan fingerprint density at radius 3 is 2.11 bits per heavy atom. The fourth-order valence-corrected chi connectivity index (χ4v) is 3.68. The zero-order valence-corrected chi connectivity index (χ0v) is 18.4. The van der Waals surface area contributed by atoms with E-state index in [2.05, 4.69) is 11.3 Å². The molecule has 186 valence electrons. The van der Waals surface area contributed by atoms with E-state index in [1.54, 1.807) is 0 Å². The Balaban J connectivity index is 1.67. The third-order valence-corrected chi connectivity index (χ3v) is 5.26. The molecule has 0 aliphatic heterocycles. The minimum atomic E-state index is -4.64. The molecule has 0 fully saturated rings. The first-order valence-electron chi connectivity index (χ1n) is 10.5. The highest BCUT2D eigenvalue weighted by atomic mass is 19.4. The van der Waals surface area contributed by atoms with Gasteiger partial charge in [0.05, 0.1) is 5.56 Å². The second-order valence-electron chi connectivity index (χ2n) is 7.77. The fourth-order valence-electron chi connectivity index (χ4n) is 3.68. The maximum absolute atomic E-state index is 15.0. The monoisotopic (exact) mass is 506 g/mol. The zero-order valence-electron chi connectivity index (χ0n) is 18.4. The van der Waals surface area contributed by atoms with Gasteiger partial charge in [-0.2, -0.15) is 13.2 Å². The molecule has 0 heterocycles. The van der Waals surface area contributed by atoms with Crippen molar-refractivity contribution in [1.29, 1.82) is 0 Å². The first-order chi connectivity index (χ1) is 17.1. The molecule has 0 saturated carbocycles. The molecule has 0 amide bonds. The number of hydrogen-bond acceptors (Lipinski definition) is 2. The Bertz CT molecular complexity index is 1420. The highest BCUT2D eigenvalue weighted by Gasteiger charge is 2.29. The van der Waals surface area contributed by atoms with E-state index >= 15 is 8.78 Å². The summed E-state index contributed by atoms with van der Waals surface area (Å²) in [6.45, 7) is 1.99. The predicted molar refractivity (Wildman–Crippen MR) is 122 cm³/mol. The largest absolute Gasteiger partial charge is 0.489 e. The third kappa shape index (κ3) is 5.30. The summed E-state index contributed by atoms with van der Waals surface area (Å²) in [4.78, 5) is 0. The van der Waals surface area contributed by atoms with Gasteiger partial charge in [0.25, 0.3) is 0 Å². The summed E-state index contributed by atoms with van der Waals surface area (Å²) in [5.74, 6) is -4.12. The van der Waals surface area contributed by atoms with Crippen molar-refractivity contribution in [3.63, 3.8) is 0 Å². The van der Waals surface area contributed by atoms with E-state index in [0.29, 0.717) is 0 Å². The molecule has 4 rings (SSSR count). The third-order valence-electron chi connectivity index (χ3n) is 5.26. The van der Waals surface area contributed by atoms with Crippen LogP contribution in [-0.4, -0.2) is 19.4 Å². The Hall–Kier alpha value is -4.01. The van der Waals surface area contributed by atoms with Crippen LogP contribution in [0.15, 0.2) is 73.3 Å². The van der Waals surface area contributed by atoms with Gasteiger partial charge in [0.1, 0.15) is 29.8 Å². The first kappa shape index (κ1) is 25.1. The molecule has 9 heteroatoms. The molecule has 0 aromatic heterocycles. The summed E-state index contributed by atoms with van der Waals surface area (Å²) in [6, 6.07) is 11.8. The molecule has 0 aliphatic carbocycles. The van der Waals surface area contributed by atoms with Gasteiger partial charge in [0.15, 0.2) is 18.2 Å². The maximum atomic E-state index is 15.0. The summed E-state index contributed by atoms with van der Waals surface area (Å²) in [7, 11) is 0. The van der Waals surface area contributed by atoms with E-state index in [0.717, 1.165) is 24.3 Å². The standard InChI is InChI=1S/C27H17F7O2/c1-2-9-35-18-5-7-19(21(28)13-18)17-11-22(29)25(23(30)12-17)16-3-6-20-15(10-16)4-8-24(26(20)31)36-14-27(32,33)34/h2-8,10-13H,1,9,14H2. The SMILES string of the molecule is C=CCOc1ccc(-c2cc(F)c(-c3ccc4c(F)c(OCC(F)(F)F)ccc4c3)c(F)c2)c(F)c1.